The van der Waals surface area contributed by atoms with Gasteiger partial charge >= 0.3 is 10.2 Å². The number of benzene rings is 1. The van der Waals surface area contributed by atoms with Crippen molar-refractivity contribution in [1.29, 1.82) is 0 Å². The van der Waals surface area contributed by atoms with Gasteiger partial charge in [-0.05, 0) is 40.5 Å². The second-order valence-corrected chi connectivity index (χ2v) is 6.83. The number of nitrogens with two attached hydrogens (primary N) is 1. The van der Waals surface area contributed by atoms with Crippen molar-refractivity contribution >= 4 is 37.5 Å². The Morgan fingerprint density at radius 3 is 2.63 bits per heavy atom. The smallest absolute Gasteiger partial charge is 0.301 e. The zero-order valence-corrected chi connectivity index (χ0v) is 12.9. The highest BCUT2D eigenvalue weighted by atomic mass is 79.9. The van der Waals surface area contributed by atoms with Crippen LogP contribution in [0, 0.1) is 6.92 Å². The normalized spacial score (nSPS) is 17.4. The van der Waals surface area contributed by atoms with Gasteiger partial charge in [0.1, 0.15) is 0 Å². The SMILES string of the molecule is Cc1cc(Br)c(NS(=O)(=O)N2CCOCC2)cc1N. The van der Waals surface area contributed by atoms with Gasteiger partial charge < -0.3 is 10.5 Å². The van der Waals surface area contributed by atoms with E-state index in [0.717, 1.165) is 5.56 Å². The Labute approximate surface area is 121 Å². The Balaban J connectivity index is 2.22. The molecule has 2 rings (SSSR count). The zero-order valence-electron chi connectivity index (χ0n) is 10.5. The van der Waals surface area contributed by atoms with Gasteiger partial charge in [0.2, 0.25) is 0 Å². The molecule has 0 amide bonds. The van der Waals surface area contributed by atoms with Crippen molar-refractivity contribution in [3.63, 3.8) is 0 Å². The Hall–Kier alpha value is -0.830. The summed E-state index contributed by atoms with van der Waals surface area (Å²) in [6, 6.07) is 3.39. The third kappa shape index (κ3) is 3.38. The number of morpholine rings is 1. The molecule has 0 spiro atoms. The van der Waals surface area contributed by atoms with Crippen LogP contribution in [-0.4, -0.2) is 39.0 Å². The van der Waals surface area contributed by atoms with Gasteiger partial charge in [0, 0.05) is 23.2 Å². The fourth-order valence-electron chi connectivity index (χ4n) is 1.76. The predicted molar refractivity (Wildman–Crippen MR) is 78.2 cm³/mol. The van der Waals surface area contributed by atoms with Crippen LogP contribution in [0.4, 0.5) is 11.4 Å². The molecule has 1 aromatic rings. The van der Waals surface area contributed by atoms with Crippen molar-refractivity contribution in [3.8, 4) is 0 Å². The maximum atomic E-state index is 12.2. The molecular weight excluding hydrogens is 334 g/mol. The van der Waals surface area contributed by atoms with Gasteiger partial charge in [-0.25, -0.2) is 0 Å². The highest BCUT2D eigenvalue weighted by Gasteiger charge is 2.24. The molecule has 0 atom stereocenters. The van der Waals surface area contributed by atoms with Crippen molar-refractivity contribution in [2.24, 2.45) is 0 Å². The Bertz CT molecular complexity index is 571. The standard InChI is InChI=1S/C11H16BrN3O3S/c1-8-6-9(12)11(7-10(8)13)14-19(16,17)15-2-4-18-5-3-15/h6-7,14H,2-5,13H2,1H3. The molecule has 1 saturated heterocycles. The molecule has 1 fully saturated rings. The molecule has 8 heteroatoms. The molecule has 1 aliphatic rings. The molecule has 1 heterocycles. The lowest BCUT2D eigenvalue weighted by molar-refractivity contribution is 0.0733. The van der Waals surface area contributed by atoms with Crippen LogP contribution in [0.15, 0.2) is 16.6 Å². The van der Waals surface area contributed by atoms with Crippen LogP contribution in [0.25, 0.3) is 0 Å². The predicted octanol–water partition coefficient (Wildman–Crippen LogP) is 1.33. The first-order valence-corrected chi connectivity index (χ1v) is 8.05. The third-order valence-corrected chi connectivity index (χ3v) is 5.08. The lowest BCUT2D eigenvalue weighted by Gasteiger charge is -2.26. The lowest BCUT2D eigenvalue weighted by atomic mass is 10.2. The number of anilines is 2. The summed E-state index contributed by atoms with van der Waals surface area (Å²) < 4.78 is 34.1. The molecule has 0 aromatic heterocycles. The molecule has 106 valence electrons. The van der Waals surface area contributed by atoms with Gasteiger partial charge in [-0.3, -0.25) is 4.72 Å². The van der Waals surface area contributed by atoms with Crippen LogP contribution in [-0.2, 0) is 14.9 Å². The molecule has 1 aromatic carbocycles. The molecular formula is C11H16BrN3O3S. The zero-order chi connectivity index (χ0) is 14.0. The number of ether oxygens (including phenoxy) is 1. The second kappa shape index (κ2) is 5.66. The van der Waals surface area contributed by atoms with Crippen molar-refractivity contribution in [1.82, 2.24) is 4.31 Å². The largest absolute Gasteiger partial charge is 0.398 e. The Morgan fingerprint density at radius 2 is 2.00 bits per heavy atom. The van der Waals surface area contributed by atoms with E-state index in [4.69, 9.17) is 10.5 Å². The monoisotopic (exact) mass is 349 g/mol. The van der Waals surface area contributed by atoms with E-state index >= 15 is 0 Å². The summed E-state index contributed by atoms with van der Waals surface area (Å²) in [4.78, 5) is 0. The molecule has 0 saturated carbocycles. The minimum absolute atomic E-state index is 0.355. The summed E-state index contributed by atoms with van der Waals surface area (Å²) >= 11 is 3.33. The number of nitrogens with one attached hydrogen (secondary N) is 1. The highest BCUT2D eigenvalue weighted by molar-refractivity contribution is 9.10. The van der Waals surface area contributed by atoms with Crippen molar-refractivity contribution in [2.45, 2.75) is 6.92 Å². The van der Waals surface area contributed by atoms with Crippen LogP contribution in [0.5, 0.6) is 0 Å². The summed E-state index contributed by atoms with van der Waals surface area (Å²) in [5.41, 5.74) is 7.67. The number of halogens is 1. The van der Waals surface area contributed by atoms with E-state index in [1.54, 1.807) is 12.1 Å². The summed E-state index contributed by atoms with van der Waals surface area (Å²) in [5.74, 6) is 0. The first-order valence-electron chi connectivity index (χ1n) is 5.81. The summed E-state index contributed by atoms with van der Waals surface area (Å²) in [6.45, 7) is 3.40. The first-order chi connectivity index (χ1) is 8.90. The van der Waals surface area contributed by atoms with Crippen LogP contribution in [0.1, 0.15) is 5.56 Å². The summed E-state index contributed by atoms with van der Waals surface area (Å²) in [7, 11) is -3.57. The number of aryl methyl sites for hydroxylation is 1. The second-order valence-electron chi connectivity index (χ2n) is 4.31. The quantitative estimate of drug-likeness (QED) is 0.806. The van der Waals surface area contributed by atoms with Gasteiger partial charge in [-0.1, -0.05) is 0 Å². The number of nitrogens with zero attached hydrogens (tertiary/aromatic N) is 1. The number of hydrogen-bond acceptors (Lipinski definition) is 4. The van der Waals surface area contributed by atoms with Crippen LogP contribution in [0.3, 0.4) is 0 Å². The highest BCUT2D eigenvalue weighted by Crippen LogP contribution is 2.29. The molecule has 6 nitrogen and oxygen atoms in total. The van der Waals surface area contributed by atoms with Gasteiger partial charge in [-0.15, -0.1) is 0 Å². The maximum Gasteiger partial charge on any atom is 0.301 e. The summed E-state index contributed by atoms with van der Waals surface area (Å²) in [6.07, 6.45) is 0. The van der Waals surface area contributed by atoms with Crippen LogP contribution >= 0.6 is 15.9 Å². The van der Waals surface area contributed by atoms with E-state index < -0.39 is 10.2 Å². The molecule has 0 bridgehead atoms. The number of rotatable bonds is 3. The van der Waals surface area contributed by atoms with Crippen molar-refractivity contribution in [2.75, 3.05) is 36.8 Å². The van der Waals surface area contributed by atoms with E-state index in [1.807, 2.05) is 6.92 Å². The van der Waals surface area contributed by atoms with E-state index in [-0.39, 0.29) is 0 Å². The van der Waals surface area contributed by atoms with Gasteiger partial charge in [-0.2, -0.15) is 12.7 Å². The third-order valence-electron chi connectivity index (χ3n) is 2.90. The molecule has 0 unspecified atom stereocenters. The lowest BCUT2D eigenvalue weighted by Crippen LogP contribution is -2.43. The van der Waals surface area contributed by atoms with Gasteiger partial charge in [0.05, 0.1) is 18.9 Å². The van der Waals surface area contributed by atoms with Crippen molar-refractivity contribution in [3.05, 3.63) is 22.2 Å². The summed E-state index contributed by atoms with van der Waals surface area (Å²) in [5, 5.41) is 0. The first kappa shape index (κ1) is 14.6. The van der Waals surface area contributed by atoms with Crippen molar-refractivity contribution < 1.29 is 13.2 Å². The number of hydrogen-bond donors (Lipinski definition) is 2. The van der Waals surface area contributed by atoms with Crippen LogP contribution in [0.2, 0.25) is 0 Å². The average molecular weight is 350 g/mol. The minimum Gasteiger partial charge on any atom is -0.398 e. The van der Waals surface area contributed by atoms with E-state index in [2.05, 4.69) is 20.7 Å². The van der Waals surface area contributed by atoms with E-state index in [9.17, 15) is 8.42 Å². The van der Waals surface area contributed by atoms with Crippen LogP contribution < -0.4 is 10.5 Å². The fourth-order valence-corrected chi connectivity index (χ4v) is 3.65. The molecule has 1 aliphatic heterocycles. The minimum atomic E-state index is -3.57. The molecule has 19 heavy (non-hydrogen) atoms. The molecule has 0 aliphatic carbocycles. The molecule has 0 radical (unpaired) electrons. The van der Waals surface area contributed by atoms with Gasteiger partial charge in [0.15, 0.2) is 0 Å². The fraction of sp³-hybridized carbons (Fsp3) is 0.455. The van der Waals surface area contributed by atoms with E-state index in [0.29, 0.717) is 42.2 Å². The Morgan fingerprint density at radius 1 is 1.37 bits per heavy atom. The van der Waals surface area contributed by atoms with E-state index in [1.165, 1.54) is 4.31 Å². The average Bonchev–Trinajstić information content (AvgIpc) is 2.37. The number of nitrogen functional groups attached to an aromatic ring is 1. The Kier molecular flexibility index (Phi) is 4.34. The topological polar surface area (TPSA) is 84.7 Å². The molecule has 3 N–H and O–H groups in total. The maximum absolute atomic E-state index is 12.2. The van der Waals surface area contributed by atoms with Gasteiger partial charge in [0.25, 0.3) is 0 Å².